The second kappa shape index (κ2) is 8.52. The number of anilines is 1. The van der Waals surface area contributed by atoms with Crippen molar-refractivity contribution >= 4 is 23.6 Å². The molecule has 0 amide bonds. The van der Waals surface area contributed by atoms with Crippen LogP contribution in [0.2, 0.25) is 0 Å². The quantitative estimate of drug-likeness (QED) is 0.564. The van der Waals surface area contributed by atoms with Gasteiger partial charge in [-0.1, -0.05) is 0 Å². The summed E-state index contributed by atoms with van der Waals surface area (Å²) in [5.74, 6) is -1.75. The van der Waals surface area contributed by atoms with Crippen molar-refractivity contribution in [3.63, 3.8) is 0 Å². The first-order valence-corrected chi connectivity index (χ1v) is 8.00. The molecule has 0 aliphatic carbocycles. The van der Waals surface area contributed by atoms with Gasteiger partial charge in [-0.05, 0) is 18.2 Å². The predicted octanol–water partition coefficient (Wildman–Crippen LogP) is 1.35. The zero-order valence-electron chi connectivity index (χ0n) is 14.5. The van der Waals surface area contributed by atoms with Crippen molar-refractivity contribution in [2.75, 3.05) is 12.3 Å². The Morgan fingerprint density at radius 3 is 2.54 bits per heavy atom. The Labute approximate surface area is 150 Å². The molecule has 26 heavy (non-hydrogen) atoms. The molecule has 1 aliphatic heterocycles. The molecule has 0 aromatic heterocycles. The van der Waals surface area contributed by atoms with Gasteiger partial charge in [0.1, 0.15) is 18.5 Å². The molecular weight excluding hydrogens is 346 g/mol. The number of carbonyl (C=O) groups is 3. The predicted molar refractivity (Wildman–Crippen MR) is 88.5 cm³/mol. The summed E-state index contributed by atoms with van der Waals surface area (Å²) in [6.07, 6.45) is -1.16. The average Bonchev–Trinajstić information content (AvgIpc) is 2.54. The molecule has 3 unspecified atom stereocenters. The summed E-state index contributed by atoms with van der Waals surface area (Å²) < 4.78 is 21.6. The molecule has 1 aromatic rings. The van der Waals surface area contributed by atoms with Crippen molar-refractivity contribution in [2.45, 2.75) is 45.2 Å². The summed E-state index contributed by atoms with van der Waals surface area (Å²) in [5, 5.41) is 8.97. The van der Waals surface area contributed by atoms with E-state index in [-0.39, 0.29) is 30.0 Å². The third kappa shape index (κ3) is 5.62. The summed E-state index contributed by atoms with van der Waals surface area (Å²) in [5.41, 5.74) is 6.00. The van der Waals surface area contributed by atoms with E-state index in [4.69, 9.17) is 29.8 Å². The summed E-state index contributed by atoms with van der Waals surface area (Å²) in [6.45, 7) is 2.58. The van der Waals surface area contributed by atoms with Crippen LogP contribution in [0.4, 0.5) is 5.69 Å². The molecule has 3 atom stereocenters. The van der Waals surface area contributed by atoms with Crippen LogP contribution in [-0.2, 0) is 23.8 Å². The average molecular weight is 367 g/mol. The van der Waals surface area contributed by atoms with Crippen LogP contribution in [0.3, 0.4) is 0 Å². The Morgan fingerprint density at radius 1 is 1.23 bits per heavy atom. The number of carboxylic acid groups (broad SMARTS) is 1. The highest BCUT2D eigenvalue weighted by Crippen LogP contribution is 2.29. The molecule has 1 fully saturated rings. The van der Waals surface area contributed by atoms with Crippen LogP contribution in [0.5, 0.6) is 5.75 Å². The van der Waals surface area contributed by atoms with E-state index in [9.17, 15) is 14.4 Å². The van der Waals surface area contributed by atoms with E-state index in [1.165, 1.54) is 32.0 Å². The molecule has 1 aromatic carbocycles. The van der Waals surface area contributed by atoms with E-state index in [0.29, 0.717) is 6.42 Å². The number of hydrogen-bond donors (Lipinski definition) is 2. The van der Waals surface area contributed by atoms with Crippen molar-refractivity contribution in [3.8, 4) is 5.75 Å². The third-order valence-electron chi connectivity index (χ3n) is 3.65. The molecule has 2 rings (SSSR count). The van der Waals surface area contributed by atoms with Gasteiger partial charge in [0.15, 0.2) is 0 Å². The van der Waals surface area contributed by atoms with Gasteiger partial charge < -0.3 is 29.8 Å². The summed E-state index contributed by atoms with van der Waals surface area (Å²) >= 11 is 0. The Hall–Kier alpha value is -2.81. The van der Waals surface area contributed by atoms with Crippen molar-refractivity contribution in [3.05, 3.63) is 23.8 Å². The van der Waals surface area contributed by atoms with E-state index in [1.807, 2.05) is 0 Å². The van der Waals surface area contributed by atoms with Crippen LogP contribution in [0.1, 0.15) is 37.0 Å². The molecule has 1 aliphatic rings. The first-order chi connectivity index (χ1) is 12.2. The van der Waals surface area contributed by atoms with Crippen LogP contribution in [-0.4, -0.2) is 48.1 Å². The van der Waals surface area contributed by atoms with Crippen LogP contribution in [0.25, 0.3) is 0 Å². The molecule has 3 N–H and O–H groups in total. The Balaban J connectivity index is 2.08. The number of ether oxygens (including phenoxy) is 4. The first-order valence-electron chi connectivity index (χ1n) is 8.00. The van der Waals surface area contributed by atoms with Gasteiger partial charge in [0.05, 0.1) is 17.4 Å². The van der Waals surface area contributed by atoms with E-state index in [0.717, 1.165) is 0 Å². The number of nitrogen functional groups attached to an aromatic ring is 1. The van der Waals surface area contributed by atoms with Crippen LogP contribution in [0.15, 0.2) is 18.2 Å². The Morgan fingerprint density at radius 2 is 1.96 bits per heavy atom. The molecule has 9 heteroatoms. The number of rotatable bonds is 6. The van der Waals surface area contributed by atoms with Crippen LogP contribution < -0.4 is 10.5 Å². The van der Waals surface area contributed by atoms with E-state index in [2.05, 4.69) is 0 Å². The van der Waals surface area contributed by atoms with Crippen molar-refractivity contribution in [2.24, 2.45) is 0 Å². The normalized spacial score (nSPS) is 22.3. The number of hydrogen-bond acceptors (Lipinski definition) is 8. The molecule has 142 valence electrons. The second-order valence-corrected chi connectivity index (χ2v) is 5.87. The third-order valence-corrected chi connectivity index (χ3v) is 3.65. The minimum Gasteiger partial charge on any atom is -0.478 e. The zero-order chi connectivity index (χ0) is 19.3. The van der Waals surface area contributed by atoms with Gasteiger partial charge >= 0.3 is 17.9 Å². The highest BCUT2D eigenvalue weighted by molar-refractivity contribution is 5.89. The molecular formula is C17H21NO8. The highest BCUT2D eigenvalue weighted by atomic mass is 16.7. The standard InChI is InChI=1S/C17H21NO8/c1-9(19)23-8-13-6-12(24-10(2)20)7-16(25-13)26-15-4-3-11(17(21)22)5-14(15)18/h3-5,12-13,16H,6-8,18H2,1-2H3,(H,21,22). The summed E-state index contributed by atoms with van der Waals surface area (Å²) in [7, 11) is 0. The van der Waals surface area contributed by atoms with Crippen molar-refractivity contribution < 1.29 is 38.4 Å². The molecule has 0 bridgehead atoms. The topological polar surface area (TPSA) is 134 Å². The molecule has 1 saturated heterocycles. The fourth-order valence-corrected chi connectivity index (χ4v) is 2.58. The number of aromatic carboxylic acids is 1. The lowest BCUT2D eigenvalue weighted by Crippen LogP contribution is -2.42. The zero-order valence-corrected chi connectivity index (χ0v) is 14.5. The number of benzene rings is 1. The molecule has 1 heterocycles. The largest absolute Gasteiger partial charge is 0.478 e. The maximum absolute atomic E-state index is 11.2. The minimum atomic E-state index is -1.10. The highest BCUT2D eigenvalue weighted by Gasteiger charge is 2.33. The minimum absolute atomic E-state index is 0.000389. The number of esters is 2. The lowest BCUT2D eigenvalue weighted by molar-refractivity contribution is -0.201. The van der Waals surface area contributed by atoms with Gasteiger partial charge in [-0.25, -0.2) is 4.79 Å². The number of carboxylic acids is 1. The summed E-state index contributed by atoms with van der Waals surface area (Å²) in [6, 6.07) is 4.07. The van der Waals surface area contributed by atoms with Crippen molar-refractivity contribution in [1.29, 1.82) is 0 Å². The van der Waals surface area contributed by atoms with Crippen molar-refractivity contribution in [1.82, 2.24) is 0 Å². The van der Waals surface area contributed by atoms with E-state index in [1.54, 1.807) is 0 Å². The van der Waals surface area contributed by atoms with Gasteiger partial charge in [0.25, 0.3) is 0 Å². The second-order valence-electron chi connectivity index (χ2n) is 5.87. The smallest absolute Gasteiger partial charge is 0.335 e. The molecule has 0 saturated carbocycles. The number of carbonyl (C=O) groups excluding carboxylic acids is 2. The fourth-order valence-electron chi connectivity index (χ4n) is 2.58. The molecule has 9 nitrogen and oxygen atoms in total. The van der Waals surface area contributed by atoms with Crippen LogP contribution >= 0.6 is 0 Å². The SMILES string of the molecule is CC(=O)OCC1CC(OC(C)=O)CC(Oc2ccc(C(=O)O)cc2N)O1. The monoisotopic (exact) mass is 367 g/mol. The van der Waals surface area contributed by atoms with Gasteiger partial charge in [0, 0.05) is 26.7 Å². The van der Waals surface area contributed by atoms with Gasteiger partial charge in [-0.15, -0.1) is 0 Å². The lowest BCUT2D eigenvalue weighted by atomic mass is 10.1. The number of nitrogens with two attached hydrogens (primary N) is 1. The maximum atomic E-state index is 11.2. The molecule has 0 spiro atoms. The summed E-state index contributed by atoms with van der Waals surface area (Å²) in [4.78, 5) is 33.2. The van der Waals surface area contributed by atoms with E-state index >= 15 is 0 Å². The Bertz CT molecular complexity index is 689. The lowest BCUT2D eigenvalue weighted by Gasteiger charge is -2.34. The Kier molecular flexibility index (Phi) is 6.40. The van der Waals surface area contributed by atoms with E-state index < -0.39 is 36.4 Å². The van der Waals surface area contributed by atoms with Crippen LogP contribution in [0, 0.1) is 0 Å². The maximum Gasteiger partial charge on any atom is 0.335 e. The van der Waals surface area contributed by atoms with Gasteiger partial charge in [-0.2, -0.15) is 0 Å². The van der Waals surface area contributed by atoms with Gasteiger partial charge in [0.2, 0.25) is 6.29 Å². The molecule has 0 radical (unpaired) electrons. The van der Waals surface area contributed by atoms with Gasteiger partial charge in [-0.3, -0.25) is 9.59 Å². The fraction of sp³-hybridized carbons (Fsp3) is 0.471. The first kappa shape index (κ1) is 19.5.